The average Bonchev–Trinajstić information content (AvgIpc) is 2.27. The van der Waals surface area contributed by atoms with Crippen LogP contribution in [0.25, 0.3) is 0 Å². The van der Waals surface area contributed by atoms with Crippen LogP contribution in [-0.2, 0) is 0 Å². The van der Waals surface area contributed by atoms with E-state index in [1.165, 1.54) is 41.4 Å². The summed E-state index contributed by atoms with van der Waals surface area (Å²) in [7, 11) is 0. The van der Waals surface area contributed by atoms with Crippen LogP contribution in [0, 0.1) is 12.3 Å². The van der Waals surface area contributed by atoms with Crippen LogP contribution in [-0.4, -0.2) is 6.04 Å². The van der Waals surface area contributed by atoms with Gasteiger partial charge in [0.25, 0.3) is 0 Å². The number of anilines is 1. The molecule has 0 aromatic heterocycles. The van der Waals surface area contributed by atoms with E-state index >= 15 is 0 Å². The summed E-state index contributed by atoms with van der Waals surface area (Å²) in [5.74, 6) is 0. The third-order valence-electron chi connectivity index (χ3n) is 4.10. The Bertz CT molecular complexity index is 398. The molecule has 0 radical (unpaired) electrons. The van der Waals surface area contributed by atoms with Gasteiger partial charge in [-0.25, -0.2) is 0 Å². The van der Waals surface area contributed by atoms with Crippen molar-refractivity contribution >= 4 is 21.6 Å². The van der Waals surface area contributed by atoms with Gasteiger partial charge in [0, 0.05) is 16.2 Å². The van der Waals surface area contributed by atoms with Crippen LogP contribution < -0.4 is 5.32 Å². The topological polar surface area (TPSA) is 12.0 Å². The first-order chi connectivity index (χ1) is 8.00. The van der Waals surface area contributed by atoms with Crippen molar-refractivity contribution in [3.63, 3.8) is 0 Å². The van der Waals surface area contributed by atoms with E-state index in [9.17, 15) is 0 Å². The lowest BCUT2D eigenvalue weighted by Crippen LogP contribution is -2.39. The number of benzene rings is 1. The highest BCUT2D eigenvalue weighted by molar-refractivity contribution is 9.10. The summed E-state index contributed by atoms with van der Waals surface area (Å²) >= 11 is 3.60. The largest absolute Gasteiger partial charge is 0.382 e. The SMILES string of the molecule is Cc1c(Br)cccc1NC1CCCCC1(C)C. The Morgan fingerprint density at radius 2 is 2.06 bits per heavy atom. The van der Waals surface area contributed by atoms with E-state index in [2.05, 4.69) is 60.2 Å². The van der Waals surface area contributed by atoms with E-state index in [-0.39, 0.29) is 0 Å². The highest BCUT2D eigenvalue weighted by Gasteiger charge is 2.32. The van der Waals surface area contributed by atoms with Crippen LogP contribution in [0.5, 0.6) is 0 Å². The molecule has 1 aromatic carbocycles. The maximum atomic E-state index is 3.75. The summed E-state index contributed by atoms with van der Waals surface area (Å²) in [5, 5.41) is 3.75. The van der Waals surface area contributed by atoms with Crippen LogP contribution in [0.3, 0.4) is 0 Å². The molecule has 1 N–H and O–H groups in total. The van der Waals surface area contributed by atoms with Gasteiger partial charge < -0.3 is 5.32 Å². The van der Waals surface area contributed by atoms with E-state index in [0.717, 1.165) is 0 Å². The number of hydrogen-bond acceptors (Lipinski definition) is 1. The van der Waals surface area contributed by atoms with E-state index in [1.54, 1.807) is 0 Å². The van der Waals surface area contributed by atoms with Crippen molar-refractivity contribution in [2.45, 2.75) is 52.5 Å². The second-order valence-electron chi connectivity index (χ2n) is 5.84. The van der Waals surface area contributed by atoms with Crippen molar-refractivity contribution in [3.8, 4) is 0 Å². The first kappa shape index (κ1) is 12.9. The standard InChI is InChI=1S/C15H22BrN/c1-11-12(16)7-6-8-13(11)17-14-9-4-5-10-15(14,2)3/h6-8,14,17H,4-5,9-10H2,1-3H3. The summed E-state index contributed by atoms with van der Waals surface area (Å²) in [6.07, 6.45) is 5.35. The summed E-state index contributed by atoms with van der Waals surface area (Å²) in [6.45, 7) is 6.94. The van der Waals surface area contributed by atoms with Crippen molar-refractivity contribution < 1.29 is 0 Å². The summed E-state index contributed by atoms with van der Waals surface area (Å²) in [6, 6.07) is 7.00. The molecule has 17 heavy (non-hydrogen) atoms. The van der Waals surface area contributed by atoms with Gasteiger partial charge in [-0.05, 0) is 42.9 Å². The minimum atomic E-state index is 0.410. The molecule has 1 fully saturated rings. The quantitative estimate of drug-likeness (QED) is 0.797. The lowest BCUT2D eigenvalue weighted by molar-refractivity contribution is 0.217. The molecule has 1 aliphatic rings. The fraction of sp³-hybridized carbons (Fsp3) is 0.600. The van der Waals surface area contributed by atoms with Gasteiger partial charge in [0.2, 0.25) is 0 Å². The van der Waals surface area contributed by atoms with Crippen LogP contribution >= 0.6 is 15.9 Å². The van der Waals surface area contributed by atoms with Gasteiger partial charge in [0.1, 0.15) is 0 Å². The van der Waals surface area contributed by atoms with Crippen molar-refractivity contribution in [1.29, 1.82) is 0 Å². The van der Waals surface area contributed by atoms with Crippen molar-refractivity contribution in [2.75, 3.05) is 5.32 Å². The molecule has 0 spiro atoms. The molecule has 1 aliphatic carbocycles. The minimum Gasteiger partial charge on any atom is -0.382 e. The Hall–Kier alpha value is -0.500. The maximum absolute atomic E-state index is 3.75. The van der Waals surface area contributed by atoms with Gasteiger partial charge in [-0.3, -0.25) is 0 Å². The molecule has 0 saturated heterocycles. The molecule has 1 aromatic rings. The van der Waals surface area contributed by atoms with E-state index in [0.29, 0.717) is 11.5 Å². The molecule has 2 heteroatoms. The molecule has 2 rings (SSSR count). The predicted molar refractivity (Wildman–Crippen MR) is 78.5 cm³/mol. The lowest BCUT2D eigenvalue weighted by Gasteiger charge is -2.40. The van der Waals surface area contributed by atoms with E-state index in [4.69, 9.17) is 0 Å². The zero-order valence-electron chi connectivity index (χ0n) is 11.0. The zero-order chi connectivity index (χ0) is 12.5. The summed E-state index contributed by atoms with van der Waals surface area (Å²) in [5.41, 5.74) is 3.00. The Morgan fingerprint density at radius 3 is 2.76 bits per heavy atom. The average molecular weight is 296 g/mol. The Kier molecular flexibility index (Phi) is 3.82. The Morgan fingerprint density at radius 1 is 1.29 bits per heavy atom. The molecule has 0 aliphatic heterocycles. The number of halogens is 1. The normalized spacial score (nSPS) is 23.4. The molecule has 0 heterocycles. The molecule has 1 unspecified atom stereocenters. The fourth-order valence-electron chi connectivity index (χ4n) is 2.71. The van der Waals surface area contributed by atoms with Crippen molar-refractivity contribution in [1.82, 2.24) is 0 Å². The monoisotopic (exact) mass is 295 g/mol. The maximum Gasteiger partial charge on any atom is 0.0383 e. The number of hydrogen-bond donors (Lipinski definition) is 1. The highest BCUT2D eigenvalue weighted by Crippen LogP contribution is 2.38. The van der Waals surface area contributed by atoms with Crippen molar-refractivity contribution in [3.05, 3.63) is 28.2 Å². The third kappa shape index (κ3) is 2.85. The molecule has 1 atom stereocenters. The fourth-order valence-corrected chi connectivity index (χ4v) is 3.08. The van der Waals surface area contributed by atoms with Crippen LogP contribution in [0.1, 0.15) is 45.1 Å². The summed E-state index contributed by atoms with van der Waals surface area (Å²) < 4.78 is 1.19. The van der Waals surface area contributed by atoms with Crippen LogP contribution in [0.4, 0.5) is 5.69 Å². The number of rotatable bonds is 2. The molecular formula is C15H22BrN. The molecule has 1 nitrogen and oxygen atoms in total. The smallest absolute Gasteiger partial charge is 0.0383 e. The second kappa shape index (κ2) is 5.01. The van der Waals surface area contributed by atoms with Gasteiger partial charge in [-0.2, -0.15) is 0 Å². The van der Waals surface area contributed by atoms with Gasteiger partial charge >= 0.3 is 0 Å². The van der Waals surface area contributed by atoms with Gasteiger partial charge in [-0.1, -0.05) is 48.7 Å². The molecule has 1 saturated carbocycles. The van der Waals surface area contributed by atoms with Crippen LogP contribution in [0.15, 0.2) is 22.7 Å². The Labute approximate surface area is 113 Å². The first-order valence-corrected chi connectivity index (χ1v) is 7.32. The molecule has 0 bridgehead atoms. The van der Waals surface area contributed by atoms with Gasteiger partial charge in [0.15, 0.2) is 0 Å². The number of nitrogens with one attached hydrogen (secondary N) is 1. The molecule has 0 amide bonds. The molecular weight excluding hydrogens is 274 g/mol. The highest BCUT2D eigenvalue weighted by atomic mass is 79.9. The van der Waals surface area contributed by atoms with Crippen molar-refractivity contribution in [2.24, 2.45) is 5.41 Å². The molecule has 94 valence electrons. The van der Waals surface area contributed by atoms with Gasteiger partial charge in [-0.15, -0.1) is 0 Å². The lowest BCUT2D eigenvalue weighted by atomic mass is 9.73. The Balaban J connectivity index is 2.17. The zero-order valence-corrected chi connectivity index (χ0v) is 12.6. The minimum absolute atomic E-state index is 0.410. The third-order valence-corrected chi connectivity index (χ3v) is 4.96. The van der Waals surface area contributed by atoms with E-state index < -0.39 is 0 Å². The van der Waals surface area contributed by atoms with Gasteiger partial charge in [0.05, 0.1) is 0 Å². The van der Waals surface area contributed by atoms with E-state index in [1.807, 2.05) is 0 Å². The first-order valence-electron chi connectivity index (χ1n) is 6.52. The predicted octanol–water partition coefficient (Wildman–Crippen LogP) is 5.14. The summed E-state index contributed by atoms with van der Waals surface area (Å²) in [4.78, 5) is 0. The second-order valence-corrected chi connectivity index (χ2v) is 6.70. The van der Waals surface area contributed by atoms with Crippen LogP contribution in [0.2, 0.25) is 0 Å².